The van der Waals surface area contributed by atoms with Crippen LogP contribution in [-0.4, -0.2) is 15.4 Å². The smallest absolute Gasteiger partial charge is 0.176 e. The van der Waals surface area contributed by atoms with Gasteiger partial charge in [0.15, 0.2) is 5.78 Å². The zero-order valence-corrected chi connectivity index (χ0v) is 12.3. The highest BCUT2D eigenvalue weighted by atomic mass is 32.1. The highest BCUT2D eigenvalue weighted by molar-refractivity contribution is 7.08. The summed E-state index contributed by atoms with van der Waals surface area (Å²) >= 11 is 1.23. The van der Waals surface area contributed by atoms with E-state index in [0.29, 0.717) is 6.42 Å². The van der Waals surface area contributed by atoms with Gasteiger partial charge in [0.1, 0.15) is 4.88 Å². The molecule has 0 aromatic carbocycles. The average Bonchev–Trinajstić information content (AvgIpc) is 2.77. The molecule has 1 heterocycles. The fourth-order valence-corrected chi connectivity index (χ4v) is 2.57. The van der Waals surface area contributed by atoms with Gasteiger partial charge in [-0.05, 0) is 30.8 Å². The molecule has 0 N–H and O–H groups in total. The van der Waals surface area contributed by atoms with E-state index in [0.717, 1.165) is 36.3 Å². The first-order valence-electron chi connectivity index (χ1n) is 6.43. The third kappa shape index (κ3) is 4.33. The summed E-state index contributed by atoms with van der Waals surface area (Å²) in [6.07, 6.45) is 6.69. The van der Waals surface area contributed by atoms with Crippen LogP contribution in [0, 0.1) is 0 Å². The molecule has 0 bridgehead atoms. The Hall–Kier alpha value is -1.03. The number of carbonyl (C=O) groups is 1. The van der Waals surface area contributed by atoms with E-state index < -0.39 is 0 Å². The van der Waals surface area contributed by atoms with Crippen LogP contribution >= 0.6 is 11.5 Å². The lowest BCUT2D eigenvalue weighted by atomic mass is 9.90. The fraction of sp³-hybridized carbons (Fsp3) is 0.643. The first-order chi connectivity index (χ1) is 8.46. The van der Waals surface area contributed by atoms with Crippen molar-refractivity contribution >= 4 is 17.3 Å². The van der Waals surface area contributed by atoms with Crippen molar-refractivity contribution in [1.82, 2.24) is 9.59 Å². The van der Waals surface area contributed by atoms with E-state index in [-0.39, 0.29) is 11.2 Å². The molecule has 1 aromatic rings. The summed E-state index contributed by atoms with van der Waals surface area (Å²) in [5.74, 6) is 0.188. The summed E-state index contributed by atoms with van der Waals surface area (Å²) in [6.45, 7) is 9.87. The molecule has 0 saturated carbocycles. The van der Waals surface area contributed by atoms with Gasteiger partial charge in [0.25, 0.3) is 0 Å². The van der Waals surface area contributed by atoms with E-state index in [9.17, 15) is 4.79 Å². The number of allylic oxidation sites excluding steroid dienone is 1. The predicted molar refractivity (Wildman–Crippen MR) is 76.2 cm³/mol. The van der Waals surface area contributed by atoms with Gasteiger partial charge in [-0.25, -0.2) is 0 Å². The molecule has 0 aliphatic heterocycles. The van der Waals surface area contributed by atoms with Crippen LogP contribution in [0.2, 0.25) is 0 Å². The minimum atomic E-state index is -0.110. The molecule has 0 saturated heterocycles. The summed E-state index contributed by atoms with van der Waals surface area (Å²) in [4.78, 5) is 12.9. The quantitative estimate of drug-likeness (QED) is 0.423. The van der Waals surface area contributed by atoms with E-state index in [1.807, 2.05) is 6.08 Å². The van der Waals surface area contributed by atoms with Crippen LogP contribution in [0.5, 0.6) is 0 Å². The van der Waals surface area contributed by atoms with E-state index >= 15 is 0 Å². The van der Waals surface area contributed by atoms with E-state index in [1.54, 1.807) is 0 Å². The van der Waals surface area contributed by atoms with Gasteiger partial charge < -0.3 is 0 Å². The van der Waals surface area contributed by atoms with Crippen LogP contribution in [0.15, 0.2) is 12.7 Å². The Labute approximate surface area is 113 Å². The van der Waals surface area contributed by atoms with Crippen molar-refractivity contribution < 1.29 is 4.79 Å². The molecule has 0 unspecified atom stereocenters. The fourth-order valence-electron chi connectivity index (χ4n) is 1.73. The monoisotopic (exact) mass is 266 g/mol. The number of aromatic nitrogens is 2. The van der Waals surface area contributed by atoms with E-state index in [2.05, 4.69) is 36.9 Å². The van der Waals surface area contributed by atoms with Crippen molar-refractivity contribution in [1.29, 1.82) is 0 Å². The SMILES string of the molecule is C=CCCCCCC(=O)c1snnc1C(C)(C)C. The molecule has 0 atom stereocenters. The van der Waals surface area contributed by atoms with Gasteiger partial charge in [-0.2, -0.15) is 0 Å². The van der Waals surface area contributed by atoms with Gasteiger partial charge >= 0.3 is 0 Å². The molecule has 0 spiro atoms. The number of ketones is 1. The van der Waals surface area contributed by atoms with Crippen LogP contribution in [0.25, 0.3) is 0 Å². The lowest BCUT2D eigenvalue weighted by molar-refractivity contribution is 0.0981. The second kappa shape index (κ2) is 6.78. The van der Waals surface area contributed by atoms with Crippen LogP contribution in [-0.2, 0) is 5.41 Å². The highest BCUT2D eigenvalue weighted by Gasteiger charge is 2.25. The third-order valence-corrected chi connectivity index (χ3v) is 3.53. The zero-order chi connectivity index (χ0) is 13.6. The molecular formula is C14H22N2OS. The molecule has 0 amide bonds. The van der Waals surface area contributed by atoms with Crippen LogP contribution in [0.3, 0.4) is 0 Å². The maximum atomic E-state index is 12.1. The minimum absolute atomic E-state index is 0.110. The number of Topliss-reactive ketones (excluding diaryl/α,β-unsaturated/α-hetero) is 1. The van der Waals surface area contributed by atoms with Crippen LogP contribution in [0.4, 0.5) is 0 Å². The van der Waals surface area contributed by atoms with Crippen molar-refractivity contribution in [2.24, 2.45) is 0 Å². The van der Waals surface area contributed by atoms with Gasteiger partial charge in [0.05, 0.1) is 5.69 Å². The second-order valence-corrected chi connectivity index (χ2v) is 6.27. The Morgan fingerprint density at radius 2 is 2.06 bits per heavy atom. The maximum absolute atomic E-state index is 12.1. The van der Waals surface area contributed by atoms with Gasteiger partial charge in [-0.3, -0.25) is 4.79 Å². The summed E-state index contributed by atoms with van der Waals surface area (Å²) in [6, 6.07) is 0. The summed E-state index contributed by atoms with van der Waals surface area (Å²) in [7, 11) is 0. The molecule has 0 radical (unpaired) electrons. The summed E-state index contributed by atoms with van der Waals surface area (Å²) in [5.41, 5.74) is 0.726. The van der Waals surface area contributed by atoms with Gasteiger partial charge in [0.2, 0.25) is 0 Å². The maximum Gasteiger partial charge on any atom is 0.176 e. The Morgan fingerprint density at radius 3 is 2.67 bits per heavy atom. The molecule has 1 rings (SSSR count). The van der Waals surface area contributed by atoms with Crippen LogP contribution in [0.1, 0.15) is 68.2 Å². The Balaban J connectivity index is 2.52. The van der Waals surface area contributed by atoms with Crippen molar-refractivity contribution in [3.63, 3.8) is 0 Å². The molecule has 4 heteroatoms. The van der Waals surface area contributed by atoms with Crippen molar-refractivity contribution in [2.45, 2.75) is 58.3 Å². The lowest BCUT2D eigenvalue weighted by Gasteiger charge is -2.15. The number of unbranched alkanes of at least 4 members (excludes halogenated alkanes) is 3. The largest absolute Gasteiger partial charge is 0.293 e. The average molecular weight is 266 g/mol. The molecule has 3 nitrogen and oxygen atoms in total. The van der Waals surface area contributed by atoms with E-state index in [1.165, 1.54) is 11.5 Å². The van der Waals surface area contributed by atoms with Crippen molar-refractivity contribution in [2.75, 3.05) is 0 Å². The highest BCUT2D eigenvalue weighted by Crippen LogP contribution is 2.27. The molecule has 0 aliphatic carbocycles. The number of hydrogen-bond acceptors (Lipinski definition) is 4. The second-order valence-electron chi connectivity index (χ2n) is 5.51. The number of hydrogen-bond donors (Lipinski definition) is 0. The lowest BCUT2D eigenvalue weighted by Crippen LogP contribution is -2.16. The number of carbonyl (C=O) groups excluding carboxylic acids is 1. The molecule has 100 valence electrons. The summed E-state index contributed by atoms with van der Waals surface area (Å²) < 4.78 is 3.92. The van der Waals surface area contributed by atoms with Gasteiger partial charge in [-0.15, -0.1) is 11.7 Å². The van der Waals surface area contributed by atoms with E-state index in [4.69, 9.17) is 0 Å². The van der Waals surface area contributed by atoms with Gasteiger partial charge in [-0.1, -0.05) is 37.8 Å². The number of nitrogens with zero attached hydrogens (tertiary/aromatic N) is 2. The molecule has 0 fully saturated rings. The van der Waals surface area contributed by atoms with Gasteiger partial charge in [0, 0.05) is 11.8 Å². The normalized spacial score (nSPS) is 11.5. The Bertz CT molecular complexity index is 404. The Kier molecular flexibility index (Phi) is 5.66. The third-order valence-electron chi connectivity index (χ3n) is 2.76. The molecule has 18 heavy (non-hydrogen) atoms. The molecular weight excluding hydrogens is 244 g/mol. The standard InChI is InChI=1S/C14H22N2OS/c1-5-6-7-8-9-10-11(17)12-13(14(2,3)4)15-16-18-12/h5H,1,6-10H2,2-4H3. The van der Waals surface area contributed by atoms with Crippen molar-refractivity contribution in [3.05, 3.63) is 23.2 Å². The predicted octanol–water partition coefficient (Wildman–Crippen LogP) is 4.15. The van der Waals surface area contributed by atoms with Crippen molar-refractivity contribution in [3.8, 4) is 0 Å². The topological polar surface area (TPSA) is 42.9 Å². The first-order valence-corrected chi connectivity index (χ1v) is 7.21. The molecule has 1 aromatic heterocycles. The summed E-state index contributed by atoms with van der Waals surface area (Å²) in [5, 5.41) is 4.10. The zero-order valence-electron chi connectivity index (χ0n) is 11.5. The Morgan fingerprint density at radius 1 is 1.33 bits per heavy atom. The first kappa shape index (κ1) is 15.0. The minimum Gasteiger partial charge on any atom is -0.293 e. The molecule has 0 aliphatic rings. The number of rotatable bonds is 7. The van der Waals surface area contributed by atoms with Crippen LogP contribution < -0.4 is 0 Å².